The Labute approximate surface area is 251 Å². The van der Waals surface area contributed by atoms with Crippen LogP contribution in [0.2, 0.25) is 5.02 Å². The van der Waals surface area contributed by atoms with Crippen LogP contribution < -0.4 is 9.64 Å². The van der Waals surface area contributed by atoms with Gasteiger partial charge in [0, 0.05) is 41.1 Å². The van der Waals surface area contributed by atoms with E-state index < -0.39 is 0 Å². The van der Waals surface area contributed by atoms with Gasteiger partial charge in [-0.25, -0.2) is 0 Å². The molecule has 3 aromatic carbocycles. The fraction of sp³-hybridized carbons (Fsp3) is 0.294. The number of hydrogen-bond acceptors (Lipinski definition) is 4. The van der Waals surface area contributed by atoms with E-state index in [1.165, 1.54) is 0 Å². The molecule has 1 fully saturated rings. The highest BCUT2D eigenvalue weighted by Crippen LogP contribution is 2.38. The first-order valence-electron chi connectivity index (χ1n) is 14.2. The van der Waals surface area contributed by atoms with Gasteiger partial charge in [-0.2, -0.15) is 0 Å². The summed E-state index contributed by atoms with van der Waals surface area (Å²) in [5.74, 6) is 0.275. The number of likely N-dealkylation sites (tertiary alicyclic amines) is 1. The summed E-state index contributed by atoms with van der Waals surface area (Å²) >= 11 is 6.82. The molecule has 0 saturated carbocycles. The lowest BCUT2D eigenvalue weighted by atomic mass is 9.98. The number of likely N-dealkylation sites (N-methyl/N-ethyl adjacent to an activating group) is 1. The molecule has 1 saturated heterocycles. The summed E-state index contributed by atoms with van der Waals surface area (Å²) in [4.78, 5) is 33.9. The molecule has 0 unspecified atom stereocenters. The number of halogens is 1. The van der Waals surface area contributed by atoms with Gasteiger partial charge in [-0.05, 0) is 74.5 Å². The number of fused-ring (bicyclic) bond motifs is 2. The number of aromatic nitrogens is 1. The van der Waals surface area contributed by atoms with Crippen LogP contribution in [-0.2, 0) is 13.1 Å². The Morgan fingerprint density at radius 3 is 2.43 bits per heavy atom. The van der Waals surface area contributed by atoms with Gasteiger partial charge in [-0.15, -0.1) is 0 Å². The Morgan fingerprint density at radius 1 is 0.929 bits per heavy atom. The summed E-state index contributed by atoms with van der Waals surface area (Å²) in [6.45, 7) is 4.29. The lowest BCUT2D eigenvalue weighted by Crippen LogP contribution is -2.35. The van der Waals surface area contributed by atoms with Gasteiger partial charge in [0.15, 0.2) is 0 Å². The normalized spacial score (nSPS) is 16.3. The summed E-state index contributed by atoms with van der Waals surface area (Å²) in [5, 5.41) is 0.481. The fourth-order valence-electron chi connectivity index (χ4n) is 6.15. The number of carbonyl (C=O) groups excluding carboxylic acids is 2. The molecule has 7 nitrogen and oxygen atoms in total. The third-order valence-electron chi connectivity index (χ3n) is 8.60. The molecule has 0 bridgehead atoms. The van der Waals surface area contributed by atoms with Crippen molar-refractivity contribution < 1.29 is 14.3 Å². The number of hydrogen-bond donors (Lipinski definition) is 0. The lowest BCUT2D eigenvalue weighted by Gasteiger charge is -2.24. The van der Waals surface area contributed by atoms with Crippen molar-refractivity contribution in [3.05, 3.63) is 106 Å². The molecule has 6 rings (SSSR count). The van der Waals surface area contributed by atoms with Crippen molar-refractivity contribution in [1.82, 2.24) is 14.4 Å². The molecule has 2 amide bonds. The molecule has 0 N–H and O–H groups in total. The second-order valence-electron chi connectivity index (χ2n) is 11.3. The summed E-state index contributed by atoms with van der Waals surface area (Å²) in [6, 6.07) is 23.6. The average Bonchev–Trinajstić information content (AvgIpc) is 3.61. The second-order valence-corrected chi connectivity index (χ2v) is 11.7. The number of para-hydroxylation sites is 1. The van der Waals surface area contributed by atoms with Gasteiger partial charge >= 0.3 is 0 Å². The number of carbonyl (C=O) groups is 2. The smallest absolute Gasteiger partial charge is 0.270 e. The van der Waals surface area contributed by atoms with E-state index in [0.717, 1.165) is 46.6 Å². The molecule has 3 heterocycles. The Morgan fingerprint density at radius 2 is 1.69 bits per heavy atom. The highest BCUT2D eigenvalue weighted by molar-refractivity contribution is 6.34. The number of rotatable bonds is 5. The molecule has 2 aliphatic heterocycles. The molecule has 8 heteroatoms. The van der Waals surface area contributed by atoms with E-state index in [-0.39, 0.29) is 11.8 Å². The van der Waals surface area contributed by atoms with Crippen LogP contribution in [0.25, 0.3) is 11.1 Å². The zero-order valence-electron chi connectivity index (χ0n) is 24.4. The Kier molecular flexibility index (Phi) is 7.56. The Balaban J connectivity index is 1.37. The monoisotopic (exact) mass is 582 g/mol. The van der Waals surface area contributed by atoms with E-state index in [1.54, 1.807) is 18.1 Å². The van der Waals surface area contributed by atoms with Gasteiger partial charge in [-0.3, -0.25) is 9.59 Å². The summed E-state index contributed by atoms with van der Waals surface area (Å²) < 4.78 is 7.81. The van der Waals surface area contributed by atoms with Crippen LogP contribution >= 0.6 is 11.6 Å². The van der Waals surface area contributed by atoms with E-state index in [0.29, 0.717) is 47.7 Å². The summed E-state index contributed by atoms with van der Waals surface area (Å²) in [6.07, 6.45) is 0.963. The first-order valence-corrected chi connectivity index (χ1v) is 14.6. The first kappa shape index (κ1) is 28.1. The molecule has 1 atom stereocenters. The lowest BCUT2D eigenvalue weighted by molar-refractivity contribution is 0.0772. The molecule has 1 aromatic heterocycles. The predicted molar refractivity (Wildman–Crippen MR) is 167 cm³/mol. The summed E-state index contributed by atoms with van der Waals surface area (Å²) in [7, 11) is 5.69. The van der Waals surface area contributed by atoms with Crippen molar-refractivity contribution in [2.75, 3.05) is 39.2 Å². The van der Waals surface area contributed by atoms with E-state index in [2.05, 4.69) is 23.6 Å². The number of nitrogens with zero attached hydrogens (tertiary/aromatic N) is 4. The van der Waals surface area contributed by atoms with E-state index in [4.69, 9.17) is 16.3 Å². The largest absolute Gasteiger partial charge is 0.496 e. The quantitative estimate of drug-likeness (QED) is 0.285. The van der Waals surface area contributed by atoms with Gasteiger partial charge in [0.05, 0.1) is 25.8 Å². The van der Waals surface area contributed by atoms with Crippen molar-refractivity contribution in [2.45, 2.75) is 32.5 Å². The van der Waals surface area contributed by atoms with E-state index >= 15 is 0 Å². The van der Waals surface area contributed by atoms with Crippen molar-refractivity contribution in [2.24, 2.45) is 0 Å². The maximum atomic E-state index is 14.3. The fourth-order valence-corrected chi connectivity index (χ4v) is 6.42. The molecule has 0 aliphatic carbocycles. The van der Waals surface area contributed by atoms with Crippen LogP contribution in [0.1, 0.15) is 44.1 Å². The topological polar surface area (TPSA) is 58.0 Å². The molecular formula is C34H35ClN4O3. The Bertz CT molecular complexity index is 1680. The third-order valence-corrected chi connectivity index (χ3v) is 8.91. The minimum atomic E-state index is -0.214. The zero-order valence-corrected chi connectivity index (χ0v) is 25.2. The number of methoxy groups -OCH3 is 1. The van der Waals surface area contributed by atoms with E-state index in [1.807, 2.05) is 78.6 Å². The van der Waals surface area contributed by atoms with Crippen molar-refractivity contribution >= 4 is 29.1 Å². The molecule has 0 spiro atoms. The van der Waals surface area contributed by atoms with Crippen molar-refractivity contribution in [3.63, 3.8) is 0 Å². The van der Waals surface area contributed by atoms with Crippen LogP contribution in [0.15, 0.2) is 72.8 Å². The van der Waals surface area contributed by atoms with Gasteiger partial charge < -0.3 is 24.0 Å². The molecule has 4 aromatic rings. The standard InChI is InChI=1S/C34H35ClN4O3/c1-22-9-5-7-11-26(22)27-18-32(42-4)28(17-29(27)35)33(40)39-21-25-13-14-31(34(41)37-16-15-24(20-37)36(2)3)38(25)19-23-10-6-8-12-30(23)39/h5-14,17-18,24H,15-16,19-21H2,1-4H3/t24-/m1/s1. The molecule has 0 radical (unpaired) electrons. The number of benzene rings is 3. The SMILES string of the molecule is COc1cc(-c2ccccc2C)c(Cl)cc1C(=O)N1Cc2ccc(C(=O)N3CC[C@@H](N(C)C)C3)n2Cc2ccccc21. The van der Waals surface area contributed by atoms with Crippen molar-refractivity contribution in [3.8, 4) is 16.9 Å². The van der Waals surface area contributed by atoms with Crippen LogP contribution in [0.3, 0.4) is 0 Å². The maximum absolute atomic E-state index is 14.3. The van der Waals surface area contributed by atoms with Gasteiger partial charge in [-0.1, -0.05) is 54.1 Å². The highest BCUT2D eigenvalue weighted by atomic mass is 35.5. The Hall–Kier alpha value is -4.07. The number of anilines is 1. The van der Waals surface area contributed by atoms with Gasteiger partial charge in [0.1, 0.15) is 11.4 Å². The minimum Gasteiger partial charge on any atom is -0.496 e. The second kappa shape index (κ2) is 11.3. The average molecular weight is 583 g/mol. The maximum Gasteiger partial charge on any atom is 0.270 e. The van der Waals surface area contributed by atoms with Gasteiger partial charge in [0.2, 0.25) is 0 Å². The minimum absolute atomic E-state index is 0.0307. The number of ether oxygens (including phenoxy) is 1. The van der Waals surface area contributed by atoms with Crippen LogP contribution in [0.4, 0.5) is 5.69 Å². The van der Waals surface area contributed by atoms with Crippen molar-refractivity contribution in [1.29, 1.82) is 0 Å². The first-order chi connectivity index (χ1) is 20.3. The van der Waals surface area contributed by atoms with Gasteiger partial charge in [0.25, 0.3) is 11.8 Å². The molecule has 42 heavy (non-hydrogen) atoms. The van der Waals surface area contributed by atoms with E-state index in [9.17, 15) is 9.59 Å². The number of amides is 2. The predicted octanol–water partition coefficient (Wildman–Crippen LogP) is 6.11. The summed E-state index contributed by atoms with van der Waals surface area (Å²) in [5.41, 5.74) is 6.59. The third kappa shape index (κ3) is 4.97. The van der Waals surface area contributed by atoms with Crippen LogP contribution in [-0.4, -0.2) is 66.5 Å². The number of aryl methyl sites for hydroxylation is 1. The molecule has 2 aliphatic rings. The van der Waals surface area contributed by atoms with Crippen LogP contribution in [0.5, 0.6) is 5.75 Å². The highest BCUT2D eigenvalue weighted by Gasteiger charge is 2.33. The zero-order chi connectivity index (χ0) is 29.5. The molecule has 216 valence electrons. The molecular weight excluding hydrogens is 548 g/mol. The van der Waals surface area contributed by atoms with Crippen LogP contribution in [0, 0.1) is 6.92 Å².